The number of carbonyl (C=O) groups is 4. The first-order valence-corrected chi connectivity index (χ1v) is 11.3. The van der Waals surface area contributed by atoms with Gasteiger partial charge >= 0.3 is 5.97 Å². The molecule has 1 saturated heterocycles. The molecular weight excluding hydrogens is 428 g/mol. The summed E-state index contributed by atoms with van der Waals surface area (Å²) < 4.78 is 5.20. The van der Waals surface area contributed by atoms with Gasteiger partial charge in [-0.1, -0.05) is 12.2 Å². The van der Waals surface area contributed by atoms with E-state index in [1.54, 1.807) is 0 Å². The van der Waals surface area contributed by atoms with E-state index in [1.165, 1.54) is 29.2 Å². The first kappa shape index (κ1) is 21.5. The van der Waals surface area contributed by atoms with Gasteiger partial charge in [0, 0.05) is 23.7 Å². The van der Waals surface area contributed by atoms with Crippen LogP contribution in [0.5, 0.6) is 0 Å². The number of ketones is 1. The van der Waals surface area contributed by atoms with E-state index >= 15 is 0 Å². The van der Waals surface area contributed by atoms with E-state index in [1.807, 2.05) is 0 Å². The van der Waals surface area contributed by atoms with Gasteiger partial charge < -0.3 is 4.74 Å². The van der Waals surface area contributed by atoms with Crippen LogP contribution >= 0.6 is 0 Å². The highest BCUT2D eigenvalue weighted by Gasteiger charge is 2.60. The number of Topliss-reactive ketones (excluding diaryl/α,β-unsaturated/α-hetero) is 1. The summed E-state index contributed by atoms with van der Waals surface area (Å²) in [7, 11) is 0. The number of amides is 2. The lowest BCUT2D eigenvalue weighted by molar-refractivity contribution is -0.384. The van der Waals surface area contributed by atoms with Crippen molar-refractivity contribution in [3.8, 4) is 0 Å². The molecule has 2 saturated carbocycles. The topological polar surface area (TPSA) is 124 Å². The van der Waals surface area contributed by atoms with E-state index in [9.17, 15) is 29.3 Å². The van der Waals surface area contributed by atoms with Crippen LogP contribution in [0.3, 0.4) is 0 Å². The van der Waals surface area contributed by atoms with Gasteiger partial charge in [-0.05, 0) is 56.1 Å². The standard InChI is InChI=1S/C24H24N2O7/c27-19(13-3-9-18(10-4-13)26(31)32)12-33-24(30)14-5-7-17(8-6-14)25-22(28)20-15-1-2-16(11-15)21(20)23(25)29/h1-4,9-10,14-17,20-21H,5-8,11-12H2. The first-order valence-electron chi connectivity index (χ1n) is 11.3. The molecule has 4 aliphatic rings. The van der Waals surface area contributed by atoms with Gasteiger partial charge in [-0.15, -0.1) is 0 Å². The minimum Gasteiger partial charge on any atom is -0.457 e. The summed E-state index contributed by atoms with van der Waals surface area (Å²) in [6.45, 7) is -0.432. The third kappa shape index (κ3) is 3.65. The van der Waals surface area contributed by atoms with E-state index in [0.717, 1.165) is 6.42 Å². The van der Waals surface area contributed by atoms with Crippen LogP contribution in [-0.4, -0.2) is 46.0 Å². The number of hydrogen-bond acceptors (Lipinski definition) is 7. The fraction of sp³-hybridized carbons (Fsp3) is 0.500. The SMILES string of the molecule is O=C(COC(=O)C1CCC(N2C(=O)C3C4C=CC(C4)C3C2=O)CC1)c1ccc([N+](=O)[O-])cc1. The van der Waals surface area contributed by atoms with Gasteiger partial charge in [-0.25, -0.2) is 0 Å². The third-order valence-electron chi connectivity index (χ3n) is 7.65. The van der Waals surface area contributed by atoms with Crippen LogP contribution in [0, 0.1) is 39.7 Å². The first-order chi connectivity index (χ1) is 15.8. The summed E-state index contributed by atoms with van der Waals surface area (Å²) >= 11 is 0. The molecule has 0 aromatic heterocycles. The fourth-order valence-corrected chi connectivity index (χ4v) is 5.96. The molecular formula is C24H24N2O7. The van der Waals surface area contributed by atoms with Crippen molar-refractivity contribution in [2.24, 2.45) is 29.6 Å². The molecule has 5 rings (SSSR count). The van der Waals surface area contributed by atoms with Crippen LogP contribution in [-0.2, 0) is 19.1 Å². The lowest BCUT2D eigenvalue weighted by Gasteiger charge is -2.33. The molecule has 9 nitrogen and oxygen atoms in total. The van der Waals surface area contributed by atoms with Crippen molar-refractivity contribution in [2.75, 3.05) is 6.61 Å². The van der Waals surface area contributed by atoms with E-state index in [-0.39, 0.29) is 58.7 Å². The van der Waals surface area contributed by atoms with Crippen LogP contribution < -0.4 is 0 Å². The number of esters is 1. The Labute approximate surface area is 189 Å². The molecule has 3 aliphatic carbocycles. The molecule has 1 aromatic carbocycles. The zero-order valence-electron chi connectivity index (χ0n) is 17.9. The summed E-state index contributed by atoms with van der Waals surface area (Å²) in [6.07, 6.45) is 7.14. The molecule has 172 valence electrons. The predicted molar refractivity (Wildman–Crippen MR) is 114 cm³/mol. The summed E-state index contributed by atoms with van der Waals surface area (Å²) in [5.74, 6) is -1.44. The van der Waals surface area contributed by atoms with E-state index in [0.29, 0.717) is 25.7 Å². The number of hydrogen-bond donors (Lipinski definition) is 0. The Bertz CT molecular complexity index is 1030. The Morgan fingerprint density at radius 1 is 0.970 bits per heavy atom. The number of nitro groups is 1. The maximum atomic E-state index is 13.0. The summed E-state index contributed by atoms with van der Waals surface area (Å²) in [6, 6.07) is 4.95. The Morgan fingerprint density at radius 2 is 1.55 bits per heavy atom. The molecule has 1 heterocycles. The number of benzene rings is 1. The summed E-state index contributed by atoms with van der Waals surface area (Å²) in [4.78, 5) is 62.3. The Morgan fingerprint density at radius 3 is 2.09 bits per heavy atom. The number of likely N-dealkylation sites (tertiary alicyclic amines) is 1. The molecule has 2 amide bonds. The van der Waals surface area contributed by atoms with Crippen molar-refractivity contribution >= 4 is 29.3 Å². The van der Waals surface area contributed by atoms with E-state index < -0.39 is 23.3 Å². The number of rotatable bonds is 6. The number of imide groups is 1. The smallest absolute Gasteiger partial charge is 0.309 e. The van der Waals surface area contributed by atoms with E-state index in [4.69, 9.17) is 4.74 Å². The number of ether oxygens (including phenoxy) is 1. The van der Waals surface area contributed by atoms with Crippen LogP contribution in [0.2, 0.25) is 0 Å². The van der Waals surface area contributed by atoms with Crippen molar-refractivity contribution in [2.45, 2.75) is 38.1 Å². The van der Waals surface area contributed by atoms with Gasteiger partial charge in [0.2, 0.25) is 11.8 Å². The zero-order valence-corrected chi connectivity index (χ0v) is 17.9. The van der Waals surface area contributed by atoms with Crippen LogP contribution in [0.1, 0.15) is 42.5 Å². The number of carbonyl (C=O) groups excluding carboxylic acids is 4. The molecule has 1 aromatic rings. The Balaban J connectivity index is 1.12. The van der Waals surface area contributed by atoms with Gasteiger partial charge in [-0.3, -0.25) is 34.2 Å². The average Bonchev–Trinajstić information content (AvgIpc) is 3.51. The number of nitro benzene ring substituents is 1. The lowest BCUT2D eigenvalue weighted by Crippen LogP contribution is -2.44. The van der Waals surface area contributed by atoms with Crippen LogP contribution in [0.15, 0.2) is 36.4 Å². The molecule has 4 atom stereocenters. The summed E-state index contributed by atoms with van der Waals surface area (Å²) in [5.41, 5.74) is 0.111. The zero-order chi connectivity index (χ0) is 23.3. The summed E-state index contributed by atoms with van der Waals surface area (Å²) in [5, 5.41) is 10.7. The number of allylic oxidation sites excluding steroid dienone is 2. The minimum absolute atomic E-state index is 0.0541. The van der Waals surface area contributed by atoms with E-state index in [2.05, 4.69) is 12.2 Å². The molecule has 3 fully saturated rings. The largest absolute Gasteiger partial charge is 0.457 e. The minimum atomic E-state index is -0.554. The Kier molecular flexibility index (Phi) is 5.34. The molecule has 1 aliphatic heterocycles. The van der Waals surface area contributed by atoms with Gasteiger partial charge in [0.05, 0.1) is 22.7 Å². The highest BCUT2D eigenvalue weighted by molar-refractivity contribution is 6.06. The van der Waals surface area contributed by atoms with Crippen molar-refractivity contribution in [3.05, 3.63) is 52.1 Å². The van der Waals surface area contributed by atoms with Crippen molar-refractivity contribution < 1.29 is 28.8 Å². The maximum absolute atomic E-state index is 13.0. The number of non-ortho nitro benzene ring substituents is 1. The normalized spacial score (nSPS) is 32.2. The maximum Gasteiger partial charge on any atom is 0.309 e. The lowest BCUT2D eigenvalue weighted by atomic mass is 9.85. The highest BCUT2D eigenvalue weighted by Crippen LogP contribution is 2.53. The van der Waals surface area contributed by atoms with Gasteiger partial charge in [0.1, 0.15) is 0 Å². The second kappa shape index (κ2) is 8.20. The Hall–Kier alpha value is -3.36. The third-order valence-corrected chi connectivity index (χ3v) is 7.65. The molecule has 33 heavy (non-hydrogen) atoms. The van der Waals surface area contributed by atoms with Crippen molar-refractivity contribution in [3.63, 3.8) is 0 Å². The number of fused-ring (bicyclic) bond motifs is 5. The fourth-order valence-electron chi connectivity index (χ4n) is 5.96. The second-order valence-corrected chi connectivity index (χ2v) is 9.39. The molecule has 9 heteroatoms. The molecule has 2 bridgehead atoms. The van der Waals surface area contributed by atoms with Crippen LogP contribution in [0.4, 0.5) is 5.69 Å². The van der Waals surface area contributed by atoms with Gasteiger partial charge in [-0.2, -0.15) is 0 Å². The average molecular weight is 452 g/mol. The number of nitrogens with zero attached hydrogens (tertiary/aromatic N) is 2. The molecule has 0 N–H and O–H groups in total. The van der Waals surface area contributed by atoms with Crippen molar-refractivity contribution in [1.82, 2.24) is 4.90 Å². The van der Waals surface area contributed by atoms with Gasteiger partial charge in [0.25, 0.3) is 5.69 Å². The highest BCUT2D eigenvalue weighted by atomic mass is 16.6. The molecule has 0 radical (unpaired) electrons. The predicted octanol–water partition coefficient (Wildman–Crippen LogP) is 2.69. The van der Waals surface area contributed by atoms with Crippen molar-refractivity contribution in [1.29, 1.82) is 0 Å². The monoisotopic (exact) mass is 452 g/mol. The quantitative estimate of drug-likeness (QED) is 0.162. The van der Waals surface area contributed by atoms with Crippen LogP contribution in [0.25, 0.3) is 0 Å². The molecule has 4 unspecified atom stereocenters. The second-order valence-electron chi connectivity index (χ2n) is 9.39. The molecule has 0 spiro atoms. The van der Waals surface area contributed by atoms with Gasteiger partial charge in [0.15, 0.2) is 12.4 Å².